The third kappa shape index (κ3) is 2.97. The van der Waals surface area contributed by atoms with Gasteiger partial charge in [-0.2, -0.15) is 0 Å². The van der Waals surface area contributed by atoms with Crippen molar-refractivity contribution >= 4 is 17.3 Å². The Morgan fingerprint density at radius 3 is 2.61 bits per heavy atom. The molecule has 0 bridgehead atoms. The van der Waals surface area contributed by atoms with Gasteiger partial charge in [0.25, 0.3) is 0 Å². The van der Waals surface area contributed by atoms with Crippen LogP contribution in [0, 0.1) is 5.92 Å². The number of aliphatic hydroxyl groups is 1. The van der Waals surface area contributed by atoms with Gasteiger partial charge in [-0.05, 0) is 43.4 Å². The van der Waals surface area contributed by atoms with E-state index in [4.69, 9.17) is 17.3 Å². The zero-order chi connectivity index (χ0) is 13.1. The van der Waals surface area contributed by atoms with E-state index in [0.717, 1.165) is 42.2 Å². The number of benzene rings is 1. The highest BCUT2D eigenvalue weighted by atomic mass is 35.5. The number of hydrogen-bond donors (Lipinski definition) is 2. The normalized spacial score (nSPS) is 19.0. The van der Waals surface area contributed by atoms with Gasteiger partial charge in [0.05, 0.1) is 16.8 Å². The Bertz CT molecular complexity index is 401. The fourth-order valence-electron chi connectivity index (χ4n) is 2.56. The van der Waals surface area contributed by atoms with Crippen LogP contribution in [-0.2, 0) is 6.54 Å². The van der Waals surface area contributed by atoms with E-state index < -0.39 is 0 Å². The first-order valence-electron chi connectivity index (χ1n) is 6.53. The van der Waals surface area contributed by atoms with Crippen LogP contribution in [0.15, 0.2) is 18.2 Å². The molecule has 0 saturated carbocycles. The number of nitrogens with zero attached hydrogens (tertiary/aromatic N) is 1. The molecule has 1 aromatic rings. The van der Waals surface area contributed by atoms with Crippen LogP contribution in [0.2, 0.25) is 5.02 Å². The maximum Gasteiger partial charge on any atom is 0.0642 e. The summed E-state index contributed by atoms with van der Waals surface area (Å²) in [5, 5.41) is 10.4. The summed E-state index contributed by atoms with van der Waals surface area (Å²) >= 11 is 6.29. The number of nitrogens with two attached hydrogens (primary N) is 1. The van der Waals surface area contributed by atoms with Crippen molar-refractivity contribution < 1.29 is 5.11 Å². The number of halogens is 1. The molecule has 1 fully saturated rings. The summed E-state index contributed by atoms with van der Waals surface area (Å²) in [4.78, 5) is 2.29. The van der Waals surface area contributed by atoms with Gasteiger partial charge in [0.1, 0.15) is 0 Å². The standard InChI is InChI=1S/C14H21ClN2O/c1-10(18)12-4-6-17(7-5-12)14-3-2-11(9-16)8-13(14)15/h2-3,8,10,12,18H,4-7,9,16H2,1H3. The summed E-state index contributed by atoms with van der Waals surface area (Å²) < 4.78 is 0. The van der Waals surface area contributed by atoms with Crippen molar-refractivity contribution in [3.63, 3.8) is 0 Å². The van der Waals surface area contributed by atoms with Gasteiger partial charge >= 0.3 is 0 Å². The van der Waals surface area contributed by atoms with Crippen LogP contribution in [0.4, 0.5) is 5.69 Å². The second kappa shape index (κ2) is 5.91. The molecule has 3 nitrogen and oxygen atoms in total. The van der Waals surface area contributed by atoms with E-state index in [-0.39, 0.29) is 6.10 Å². The predicted molar refractivity (Wildman–Crippen MR) is 76.0 cm³/mol. The summed E-state index contributed by atoms with van der Waals surface area (Å²) in [5.41, 5.74) is 7.74. The van der Waals surface area contributed by atoms with E-state index in [2.05, 4.69) is 4.90 Å². The number of piperidine rings is 1. The lowest BCUT2D eigenvalue weighted by Crippen LogP contribution is -2.37. The van der Waals surface area contributed by atoms with E-state index in [1.807, 2.05) is 25.1 Å². The number of hydrogen-bond acceptors (Lipinski definition) is 3. The molecular weight excluding hydrogens is 248 g/mol. The minimum Gasteiger partial charge on any atom is -0.393 e. The topological polar surface area (TPSA) is 49.5 Å². The van der Waals surface area contributed by atoms with E-state index in [0.29, 0.717) is 12.5 Å². The fraction of sp³-hybridized carbons (Fsp3) is 0.571. The van der Waals surface area contributed by atoms with Crippen LogP contribution >= 0.6 is 11.6 Å². The smallest absolute Gasteiger partial charge is 0.0642 e. The lowest BCUT2D eigenvalue weighted by atomic mass is 9.92. The predicted octanol–water partition coefficient (Wildman–Crippen LogP) is 2.40. The lowest BCUT2D eigenvalue weighted by Gasteiger charge is -2.35. The summed E-state index contributed by atoms with van der Waals surface area (Å²) in [5.74, 6) is 0.420. The summed E-state index contributed by atoms with van der Waals surface area (Å²) in [6.45, 7) is 4.31. The van der Waals surface area contributed by atoms with E-state index >= 15 is 0 Å². The van der Waals surface area contributed by atoms with Crippen molar-refractivity contribution in [1.82, 2.24) is 0 Å². The van der Waals surface area contributed by atoms with Crippen LogP contribution in [0.3, 0.4) is 0 Å². The second-order valence-corrected chi connectivity index (χ2v) is 5.46. The van der Waals surface area contributed by atoms with Crippen LogP contribution in [0.1, 0.15) is 25.3 Å². The minimum atomic E-state index is -0.206. The van der Waals surface area contributed by atoms with Gasteiger partial charge in [-0.25, -0.2) is 0 Å². The van der Waals surface area contributed by atoms with Crippen LogP contribution < -0.4 is 10.6 Å². The Hall–Kier alpha value is -0.770. The van der Waals surface area contributed by atoms with Gasteiger partial charge in [-0.15, -0.1) is 0 Å². The largest absolute Gasteiger partial charge is 0.393 e. The molecule has 1 aliphatic rings. The molecule has 100 valence electrons. The molecule has 1 aromatic carbocycles. The first-order chi connectivity index (χ1) is 8.61. The van der Waals surface area contributed by atoms with Crippen molar-refractivity contribution in [2.24, 2.45) is 11.7 Å². The van der Waals surface area contributed by atoms with Gasteiger partial charge in [0.2, 0.25) is 0 Å². The van der Waals surface area contributed by atoms with Crippen LogP contribution in [0.25, 0.3) is 0 Å². The van der Waals surface area contributed by atoms with Gasteiger partial charge in [0, 0.05) is 19.6 Å². The second-order valence-electron chi connectivity index (χ2n) is 5.05. The summed E-state index contributed by atoms with van der Waals surface area (Å²) in [6, 6.07) is 6.02. The quantitative estimate of drug-likeness (QED) is 0.885. The van der Waals surface area contributed by atoms with Crippen molar-refractivity contribution in [3.05, 3.63) is 28.8 Å². The van der Waals surface area contributed by atoms with Crippen molar-refractivity contribution in [1.29, 1.82) is 0 Å². The average Bonchev–Trinajstić information content (AvgIpc) is 2.38. The highest BCUT2D eigenvalue weighted by Crippen LogP contribution is 2.31. The fourth-order valence-corrected chi connectivity index (χ4v) is 2.88. The number of rotatable bonds is 3. The van der Waals surface area contributed by atoms with Gasteiger partial charge < -0.3 is 15.7 Å². The zero-order valence-corrected chi connectivity index (χ0v) is 11.5. The molecule has 1 heterocycles. The zero-order valence-electron chi connectivity index (χ0n) is 10.8. The molecule has 0 aliphatic carbocycles. The first-order valence-corrected chi connectivity index (χ1v) is 6.91. The molecule has 0 amide bonds. The van der Waals surface area contributed by atoms with Gasteiger partial charge in [-0.1, -0.05) is 17.7 Å². The molecule has 1 saturated heterocycles. The Morgan fingerprint density at radius 1 is 1.44 bits per heavy atom. The van der Waals surface area contributed by atoms with Crippen LogP contribution in [0.5, 0.6) is 0 Å². The Kier molecular flexibility index (Phi) is 4.49. The third-order valence-corrected chi connectivity index (χ3v) is 4.11. The summed E-state index contributed by atoms with van der Waals surface area (Å²) in [6.07, 6.45) is 1.83. The number of aliphatic hydroxyl groups excluding tert-OH is 1. The molecule has 1 aliphatic heterocycles. The van der Waals surface area contributed by atoms with E-state index in [1.54, 1.807) is 0 Å². The highest BCUT2D eigenvalue weighted by Gasteiger charge is 2.23. The van der Waals surface area contributed by atoms with Crippen molar-refractivity contribution in [2.45, 2.75) is 32.4 Å². The molecule has 2 rings (SSSR count). The molecule has 1 atom stereocenters. The molecular formula is C14H21ClN2O. The first kappa shape index (κ1) is 13.7. The summed E-state index contributed by atoms with van der Waals surface area (Å²) in [7, 11) is 0. The molecule has 0 spiro atoms. The molecule has 18 heavy (non-hydrogen) atoms. The van der Waals surface area contributed by atoms with Crippen LogP contribution in [-0.4, -0.2) is 24.3 Å². The maximum absolute atomic E-state index is 9.60. The Morgan fingerprint density at radius 2 is 2.11 bits per heavy atom. The van der Waals surface area contributed by atoms with E-state index in [1.165, 1.54) is 0 Å². The molecule has 4 heteroatoms. The SMILES string of the molecule is CC(O)C1CCN(c2ccc(CN)cc2Cl)CC1. The van der Waals surface area contributed by atoms with Crippen molar-refractivity contribution in [3.8, 4) is 0 Å². The third-order valence-electron chi connectivity index (χ3n) is 3.81. The Labute approximate surface area is 114 Å². The van der Waals surface area contributed by atoms with E-state index in [9.17, 15) is 5.11 Å². The molecule has 1 unspecified atom stereocenters. The van der Waals surface area contributed by atoms with Gasteiger partial charge in [0.15, 0.2) is 0 Å². The highest BCUT2D eigenvalue weighted by molar-refractivity contribution is 6.33. The average molecular weight is 269 g/mol. The monoisotopic (exact) mass is 268 g/mol. The Balaban J connectivity index is 2.05. The molecule has 0 radical (unpaired) electrons. The molecule has 3 N–H and O–H groups in total. The van der Waals surface area contributed by atoms with Crippen molar-refractivity contribution in [2.75, 3.05) is 18.0 Å². The minimum absolute atomic E-state index is 0.206. The molecule has 0 aromatic heterocycles. The van der Waals surface area contributed by atoms with Gasteiger partial charge in [-0.3, -0.25) is 0 Å². The lowest BCUT2D eigenvalue weighted by molar-refractivity contribution is 0.110. The maximum atomic E-state index is 9.60. The number of anilines is 1.